The van der Waals surface area contributed by atoms with E-state index in [0.717, 1.165) is 12.2 Å². The molecule has 0 amide bonds. The Morgan fingerprint density at radius 2 is 2.36 bits per heavy atom. The van der Waals surface area contributed by atoms with Gasteiger partial charge in [0, 0.05) is 15.6 Å². The van der Waals surface area contributed by atoms with Crippen molar-refractivity contribution in [3.05, 3.63) is 10.1 Å². The molecule has 0 aromatic rings. The van der Waals surface area contributed by atoms with Gasteiger partial charge < -0.3 is 0 Å². The van der Waals surface area contributed by atoms with Gasteiger partial charge in [-0.3, -0.25) is 10.1 Å². The van der Waals surface area contributed by atoms with E-state index in [1.807, 2.05) is 11.8 Å². The largest absolute Gasteiger partial charge is 0.265 e. The number of hydrogen-bond acceptors (Lipinski definition) is 3. The summed E-state index contributed by atoms with van der Waals surface area (Å²) >= 11 is 1.85. The van der Waals surface area contributed by atoms with Gasteiger partial charge in [-0.25, -0.2) is 0 Å². The minimum Gasteiger partial charge on any atom is -0.265 e. The van der Waals surface area contributed by atoms with Crippen LogP contribution in [0.4, 0.5) is 0 Å². The SMILES string of the molecule is CC1(C)SCCC1C[N+](=O)[O-]. The van der Waals surface area contributed by atoms with Gasteiger partial charge in [0.1, 0.15) is 0 Å². The van der Waals surface area contributed by atoms with E-state index in [1.165, 1.54) is 0 Å². The van der Waals surface area contributed by atoms with Crippen LogP contribution >= 0.6 is 11.8 Å². The fourth-order valence-corrected chi connectivity index (χ4v) is 2.78. The van der Waals surface area contributed by atoms with Gasteiger partial charge in [-0.05, 0) is 12.2 Å². The van der Waals surface area contributed by atoms with Crippen molar-refractivity contribution in [3.8, 4) is 0 Å². The number of nitrogens with zero attached hydrogens (tertiary/aromatic N) is 1. The predicted octanol–water partition coefficient (Wildman–Crippen LogP) is 1.79. The highest BCUT2D eigenvalue weighted by atomic mass is 32.2. The average molecular weight is 175 g/mol. The fourth-order valence-electron chi connectivity index (χ4n) is 1.42. The van der Waals surface area contributed by atoms with E-state index in [0.29, 0.717) is 0 Å². The van der Waals surface area contributed by atoms with E-state index >= 15 is 0 Å². The molecule has 11 heavy (non-hydrogen) atoms. The van der Waals surface area contributed by atoms with E-state index in [4.69, 9.17) is 0 Å². The number of nitro groups is 1. The molecular weight excluding hydrogens is 162 g/mol. The van der Waals surface area contributed by atoms with Crippen molar-refractivity contribution in [3.63, 3.8) is 0 Å². The molecular formula is C7H13NO2S. The Hall–Kier alpha value is -0.250. The van der Waals surface area contributed by atoms with Crippen molar-refractivity contribution < 1.29 is 4.92 Å². The van der Waals surface area contributed by atoms with Crippen molar-refractivity contribution in [1.29, 1.82) is 0 Å². The lowest BCUT2D eigenvalue weighted by Gasteiger charge is -2.22. The van der Waals surface area contributed by atoms with Gasteiger partial charge in [-0.2, -0.15) is 11.8 Å². The summed E-state index contributed by atoms with van der Waals surface area (Å²) in [5, 5.41) is 10.2. The first-order chi connectivity index (χ1) is 5.02. The molecule has 0 bridgehead atoms. The van der Waals surface area contributed by atoms with Crippen molar-refractivity contribution >= 4 is 11.8 Å². The summed E-state index contributed by atoms with van der Waals surface area (Å²) < 4.78 is 0.118. The molecule has 0 saturated carbocycles. The Kier molecular flexibility index (Phi) is 2.42. The molecule has 0 spiro atoms. The third-order valence-electron chi connectivity index (χ3n) is 2.29. The first-order valence-corrected chi connectivity index (χ1v) is 4.76. The van der Waals surface area contributed by atoms with Gasteiger partial charge in [-0.1, -0.05) is 13.8 Å². The molecule has 1 rings (SSSR count). The van der Waals surface area contributed by atoms with Gasteiger partial charge in [0.15, 0.2) is 0 Å². The van der Waals surface area contributed by atoms with Crippen molar-refractivity contribution in [2.45, 2.75) is 25.0 Å². The average Bonchev–Trinajstić information content (AvgIpc) is 2.10. The summed E-state index contributed by atoms with van der Waals surface area (Å²) in [4.78, 5) is 10.0. The van der Waals surface area contributed by atoms with Crippen LogP contribution in [0.5, 0.6) is 0 Å². The molecule has 1 saturated heterocycles. The number of hydrogen-bond donors (Lipinski definition) is 0. The minimum absolute atomic E-state index is 0.118. The third kappa shape index (κ3) is 2.09. The van der Waals surface area contributed by atoms with E-state index < -0.39 is 0 Å². The summed E-state index contributed by atoms with van der Waals surface area (Å²) in [6, 6.07) is 0. The molecule has 1 atom stereocenters. The van der Waals surface area contributed by atoms with Crippen LogP contribution < -0.4 is 0 Å². The monoisotopic (exact) mass is 175 g/mol. The highest BCUT2D eigenvalue weighted by molar-refractivity contribution is 8.00. The van der Waals surface area contributed by atoms with Crippen LogP contribution in [-0.2, 0) is 0 Å². The zero-order valence-electron chi connectivity index (χ0n) is 6.87. The maximum atomic E-state index is 10.2. The second kappa shape index (κ2) is 3.01. The predicted molar refractivity (Wildman–Crippen MR) is 46.5 cm³/mol. The van der Waals surface area contributed by atoms with Crippen molar-refractivity contribution in [2.75, 3.05) is 12.3 Å². The van der Waals surface area contributed by atoms with Crippen LogP contribution in [0.1, 0.15) is 20.3 Å². The highest BCUT2D eigenvalue weighted by Crippen LogP contribution is 2.42. The molecule has 4 heteroatoms. The first-order valence-electron chi connectivity index (χ1n) is 3.78. The van der Waals surface area contributed by atoms with E-state index in [-0.39, 0.29) is 22.1 Å². The Bertz CT molecular complexity index is 170. The van der Waals surface area contributed by atoms with Crippen LogP contribution in [0.3, 0.4) is 0 Å². The quantitative estimate of drug-likeness (QED) is 0.474. The molecule has 0 N–H and O–H groups in total. The molecule has 1 unspecified atom stereocenters. The maximum Gasteiger partial charge on any atom is 0.208 e. The van der Waals surface area contributed by atoms with Gasteiger partial charge in [0.05, 0.1) is 0 Å². The standard InChI is InChI=1S/C7H13NO2S/c1-7(2)6(3-4-11-7)5-8(9)10/h6H,3-5H2,1-2H3. The third-order valence-corrected chi connectivity index (χ3v) is 3.81. The van der Waals surface area contributed by atoms with Gasteiger partial charge in [0.2, 0.25) is 6.54 Å². The van der Waals surface area contributed by atoms with Crippen LogP contribution in [-0.4, -0.2) is 22.0 Å². The van der Waals surface area contributed by atoms with Crippen LogP contribution in [0.2, 0.25) is 0 Å². The topological polar surface area (TPSA) is 43.1 Å². The summed E-state index contributed by atoms with van der Waals surface area (Å²) in [7, 11) is 0. The Morgan fingerprint density at radius 3 is 2.73 bits per heavy atom. The van der Waals surface area contributed by atoms with Crippen molar-refractivity contribution in [1.82, 2.24) is 0 Å². The smallest absolute Gasteiger partial charge is 0.208 e. The Morgan fingerprint density at radius 1 is 1.73 bits per heavy atom. The maximum absolute atomic E-state index is 10.2. The lowest BCUT2D eigenvalue weighted by atomic mass is 9.93. The van der Waals surface area contributed by atoms with Gasteiger partial charge >= 0.3 is 0 Å². The number of thioether (sulfide) groups is 1. The molecule has 1 fully saturated rings. The second-order valence-electron chi connectivity index (χ2n) is 3.45. The van der Waals surface area contributed by atoms with E-state index in [9.17, 15) is 10.1 Å². The minimum atomic E-state index is -0.196. The van der Waals surface area contributed by atoms with Crippen LogP contribution in [0, 0.1) is 16.0 Å². The zero-order chi connectivity index (χ0) is 8.48. The van der Waals surface area contributed by atoms with E-state index in [2.05, 4.69) is 13.8 Å². The molecule has 0 radical (unpaired) electrons. The molecule has 0 aliphatic carbocycles. The van der Waals surface area contributed by atoms with Crippen molar-refractivity contribution in [2.24, 2.45) is 5.92 Å². The molecule has 0 aromatic carbocycles. The van der Waals surface area contributed by atoms with E-state index in [1.54, 1.807) is 0 Å². The molecule has 1 aliphatic heterocycles. The second-order valence-corrected chi connectivity index (χ2v) is 5.20. The molecule has 0 aromatic heterocycles. The van der Waals surface area contributed by atoms with Crippen LogP contribution in [0.15, 0.2) is 0 Å². The first kappa shape index (κ1) is 8.84. The lowest BCUT2D eigenvalue weighted by Crippen LogP contribution is -2.28. The molecule has 1 aliphatic rings. The fraction of sp³-hybridized carbons (Fsp3) is 1.00. The Balaban J connectivity index is 2.51. The summed E-state index contributed by atoms with van der Waals surface area (Å²) in [6.07, 6.45) is 0.999. The summed E-state index contributed by atoms with van der Waals surface area (Å²) in [6.45, 7) is 4.33. The number of rotatable bonds is 2. The zero-order valence-corrected chi connectivity index (χ0v) is 7.69. The Labute approximate surface area is 70.7 Å². The lowest BCUT2D eigenvalue weighted by molar-refractivity contribution is -0.488. The summed E-state index contributed by atoms with van der Waals surface area (Å²) in [5.41, 5.74) is 0. The summed E-state index contributed by atoms with van der Waals surface area (Å²) in [5.74, 6) is 1.34. The molecule has 3 nitrogen and oxygen atoms in total. The molecule has 64 valence electrons. The van der Waals surface area contributed by atoms with Crippen LogP contribution in [0.25, 0.3) is 0 Å². The normalized spacial score (nSPS) is 28.7. The van der Waals surface area contributed by atoms with Gasteiger partial charge in [-0.15, -0.1) is 0 Å². The van der Waals surface area contributed by atoms with Gasteiger partial charge in [0.25, 0.3) is 0 Å². The highest BCUT2D eigenvalue weighted by Gasteiger charge is 2.38. The molecule has 1 heterocycles.